The van der Waals surface area contributed by atoms with Gasteiger partial charge in [-0.15, -0.1) is 0 Å². The first-order valence-corrected chi connectivity index (χ1v) is 9.68. The van der Waals surface area contributed by atoms with E-state index < -0.39 is 0 Å². The van der Waals surface area contributed by atoms with Crippen LogP contribution in [0.25, 0.3) is 10.8 Å². The van der Waals surface area contributed by atoms with Gasteiger partial charge in [0.15, 0.2) is 0 Å². The summed E-state index contributed by atoms with van der Waals surface area (Å²) in [6.07, 6.45) is 7.96. The summed E-state index contributed by atoms with van der Waals surface area (Å²) < 4.78 is 2.14. The van der Waals surface area contributed by atoms with E-state index in [4.69, 9.17) is 4.99 Å². The molecule has 0 saturated carbocycles. The molecule has 3 aromatic rings. The molecular formula is C22H27N5. The maximum Gasteiger partial charge on any atom is 0.137 e. The highest BCUT2D eigenvalue weighted by Crippen LogP contribution is 2.36. The third-order valence-electron chi connectivity index (χ3n) is 5.09. The molecule has 1 aliphatic rings. The van der Waals surface area contributed by atoms with Gasteiger partial charge in [-0.2, -0.15) is 0 Å². The zero-order valence-electron chi connectivity index (χ0n) is 16.2. The normalized spacial score (nSPS) is 12.8. The fourth-order valence-electron chi connectivity index (χ4n) is 3.78. The number of hydrogen-bond acceptors (Lipinski definition) is 4. The van der Waals surface area contributed by atoms with Crippen LogP contribution in [0, 0.1) is 0 Å². The molecule has 0 N–H and O–H groups in total. The summed E-state index contributed by atoms with van der Waals surface area (Å²) in [5.41, 5.74) is 2.38. The Kier molecular flexibility index (Phi) is 5.21. The van der Waals surface area contributed by atoms with Crippen molar-refractivity contribution in [2.24, 2.45) is 4.99 Å². The average Bonchev–Trinajstić information content (AvgIpc) is 3.30. The van der Waals surface area contributed by atoms with Gasteiger partial charge in [0, 0.05) is 43.0 Å². The van der Waals surface area contributed by atoms with Crippen molar-refractivity contribution in [2.45, 2.75) is 19.4 Å². The van der Waals surface area contributed by atoms with Gasteiger partial charge in [0.1, 0.15) is 5.84 Å². The molecule has 1 aliphatic heterocycles. The van der Waals surface area contributed by atoms with Gasteiger partial charge in [-0.3, -0.25) is 0 Å². The van der Waals surface area contributed by atoms with Crippen molar-refractivity contribution in [3.63, 3.8) is 0 Å². The van der Waals surface area contributed by atoms with E-state index in [-0.39, 0.29) is 0 Å². The first kappa shape index (κ1) is 17.7. The van der Waals surface area contributed by atoms with Gasteiger partial charge in [0.2, 0.25) is 0 Å². The van der Waals surface area contributed by atoms with Crippen molar-refractivity contribution in [1.82, 2.24) is 19.4 Å². The number of aromatic nitrogens is 2. The maximum atomic E-state index is 5.02. The van der Waals surface area contributed by atoms with Crippen molar-refractivity contribution in [1.29, 1.82) is 0 Å². The van der Waals surface area contributed by atoms with Crippen LogP contribution in [0.5, 0.6) is 0 Å². The summed E-state index contributed by atoms with van der Waals surface area (Å²) in [7, 11) is 4.26. The van der Waals surface area contributed by atoms with Crippen molar-refractivity contribution < 1.29 is 0 Å². The average molecular weight is 361 g/mol. The van der Waals surface area contributed by atoms with Crippen LogP contribution in [0.15, 0.2) is 60.1 Å². The molecule has 2 heterocycles. The Morgan fingerprint density at radius 3 is 2.56 bits per heavy atom. The molecule has 0 amide bonds. The van der Waals surface area contributed by atoms with Crippen LogP contribution in [-0.2, 0) is 6.54 Å². The monoisotopic (exact) mass is 361 g/mol. The molecule has 0 atom stereocenters. The highest BCUT2D eigenvalue weighted by Gasteiger charge is 2.22. The fourth-order valence-corrected chi connectivity index (χ4v) is 3.78. The second-order valence-corrected chi connectivity index (χ2v) is 7.41. The van der Waals surface area contributed by atoms with Gasteiger partial charge in [-0.05, 0) is 44.9 Å². The van der Waals surface area contributed by atoms with Gasteiger partial charge >= 0.3 is 0 Å². The number of benzene rings is 2. The summed E-state index contributed by atoms with van der Waals surface area (Å²) >= 11 is 0. The Bertz CT molecular complexity index is 922. The number of rotatable bonds is 8. The highest BCUT2D eigenvalue weighted by molar-refractivity contribution is 6.18. The van der Waals surface area contributed by atoms with E-state index in [1.54, 1.807) is 0 Å². The zero-order valence-corrected chi connectivity index (χ0v) is 16.2. The Morgan fingerprint density at radius 1 is 0.963 bits per heavy atom. The van der Waals surface area contributed by atoms with Gasteiger partial charge < -0.3 is 14.4 Å². The van der Waals surface area contributed by atoms with Crippen LogP contribution in [0.1, 0.15) is 18.4 Å². The molecule has 0 unspecified atom stereocenters. The zero-order chi connectivity index (χ0) is 18.6. The molecule has 5 heteroatoms. The van der Waals surface area contributed by atoms with Gasteiger partial charge in [0.05, 0.1) is 12.0 Å². The number of amidine groups is 1. The molecule has 0 radical (unpaired) electrons. The van der Waals surface area contributed by atoms with Gasteiger partial charge in [-0.1, -0.05) is 30.3 Å². The number of aryl methyl sites for hydroxylation is 1. The lowest BCUT2D eigenvalue weighted by Gasteiger charge is -2.26. The molecule has 5 nitrogen and oxygen atoms in total. The lowest BCUT2D eigenvalue weighted by molar-refractivity contribution is 0.341. The smallest absolute Gasteiger partial charge is 0.137 e. The van der Waals surface area contributed by atoms with E-state index in [1.807, 2.05) is 18.7 Å². The number of hydrogen-bond donors (Lipinski definition) is 0. The van der Waals surface area contributed by atoms with E-state index in [0.29, 0.717) is 0 Å². The van der Waals surface area contributed by atoms with Crippen molar-refractivity contribution >= 4 is 22.3 Å². The molecule has 0 aliphatic carbocycles. The Balaban J connectivity index is 1.54. The van der Waals surface area contributed by atoms with Crippen LogP contribution in [-0.4, -0.2) is 58.9 Å². The lowest BCUT2D eigenvalue weighted by atomic mass is 10.0. The second kappa shape index (κ2) is 7.92. The minimum Gasteiger partial charge on any atom is -0.356 e. The van der Waals surface area contributed by atoms with Crippen LogP contribution in [0.2, 0.25) is 0 Å². The molecule has 0 spiro atoms. The standard InChI is InChI=1S/C22H27N5/c1-25(2)12-5-14-27(15-6-13-26-16-11-23-17-26)22-19-9-3-7-18-8-4-10-20(24-22)21(18)19/h3-4,7-11,16-17H,5-6,12-15H2,1-2H3. The van der Waals surface area contributed by atoms with Crippen molar-refractivity contribution in [3.05, 3.63) is 60.7 Å². The highest BCUT2D eigenvalue weighted by atomic mass is 15.2. The Hall–Kier alpha value is -2.66. The summed E-state index contributed by atoms with van der Waals surface area (Å²) in [4.78, 5) is 13.9. The molecule has 0 bridgehead atoms. The van der Waals surface area contributed by atoms with E-state index in [2.05, 4.69) is 69.8 Å². The first-order valence-electron chi connectivity index (χ1n) is 9.68. The van der Waals surface area contributed by atoms with Crippen molar-refractivity contribution in [3.8, 4) is 0 Å². The van der Waals surface area contributed by atoms with E-state index in [9.17, 15) is 0 Å². The summed E-state index contributed by atoms with van der Waals surface area (Å²) in [5, 5.41) is 2.57. The van der Waals surface area contributed by atoms with E-state index >= 15 is 0 Å². The maximum absolute atomic E-state index is 5.02. The predicted octanol–water partition coefficient (Wildman–Crippen LogP) is 3.77. The third kappa shape index (κ3) is 3.88. The topological polar surface area (TPSA) is 36.7 Å². The van der Waals surface area contributed by atoms with E-state index in [1.165, 1.54) is 16.3 Å². The number of aliphatic imine (C=N–C) groups is 1. The molecule has 140 valence electrons. The lowest BCUT2D eigenvalue weighted by Crippen LogP contribution is -2.34. The van der Waals surface area contributed by atoms with Crippen molar-refractivity contribution in [2.75, 3.05) is 33.7 Å². The molecule has 4 rings (SSSR count). The van der Waals surface area contributed by atoms with Crippen LogP contribution in [0.4, 0.5) is 5.69 Å². The third-order valence-corrected chi connectivity index (χ3v) is 5.09. The first-order chi connectivity index (χ1) is 13.2. The predicted molar refractivity (Wildman–Crippen MR) is 112 cm³/mol. The summed E-state index contributed by atoms with van der Waals surface area (Å²) in [6.45, 7) is 4.08. The minimum atomic E-state index is 0.981. The molecule has 0 fully saturated rings. The minimum absolute atomic E-state index is 0.981. The number of nitrogens with zero attached hydrogens (tertiary/aromatic N) is 5. The summed E-state index contributed by atoms with van der Waals surface area (Å²) in [5.74, 6) is 1.13. The number of imidazole rings is 1. The van der Waals surface area contributed by atoms with Crippen LogP contribution >= 0.6 is 0 Å². The molecule has 27 heavy (non-hydrogen) atoms. The Morgan fingerprint density at radius 2 is 1.78 bits per heavy atom. The molecule has 0 saturated heterocycles. The quantitative estimate of drug-likeness (QED) is 0.613. The molecule has 1 aromatic heterocycles. The van der Waals surface area contributed by atoms with Gasteiger partial charge in [0.25, 0.3) is 0 Å². The SMILES string of the molecule is CN(C)CCCN(CCCn1ccnc1)C1=Nc2cccc3cccc1c23. The summed E-state index contributed by atoms with van der Waals surface area (Å²) in [6, 6.07) is 12.9. The largest absolute Gasteiger partial charge is 0.356 e. The van der Waals surface area contributed by atoms with Gasteiger partial charge in [-0.25, -0.2) is 9.98 Å². The molecule has 2 aromatic carbocycles. The second-order valence-electron chi connectivity index (χ2n) is 7.41. The Labute approximate surface area is 161 Å². The fraction of sp³-hybridized carbons (Fsp3) is 0.364. The van der Waals surface area contributed by atoms with Crippen LogP contribution in [0.3, 0.4) is 0 Å². The van der Waals surface area contributed by atoms with E-state index in [0.717, 1.165) is 50.5 Å². The van der Waals surface area contributed by atoms with Crippen LogP contribution < -0.4 is 0 Å². The molecular weight excluding hydrogens is 334 g/mol.